The van der Waals surface area contributed by atoms with Crippen molar-refractivity contribution in [2.45, 2.75) is 0 Å². The summed E-state index contributed by atoms with van der Waals surface area (Å²) in [4.78, 5) is 1.75. The third-order valence-electron chi connectivity index (χ3n) is 2.32. The highest BCUT2D eigenvalue weighted by atomic mass is 16.5. The van der Waals surface area contributed by atoms with Crippen LogP contribution >= 0.6 is 0 Å². The summed E-state index contributed by atoms with van der Waals surface area (Å²) < 4.78 is 4.98. The minimum absolute atomic E-state index is 0.0457. The standard InChI is InChI=1S/C10H17N5O3/c1-18-7-5-15(4-6-16)10-8(9(11)14-17)2-3-12-13-10/h2-3,16-17H,4-7H2,1H3,(H2,11,14). The van der Waals surface area contributed by atoms with Crippen molar-refractivity contribution in [1.29, 1.82) is 0 Å². The smallest absolute Gasteiger partial charge is 0.173 e. The van der Waals surface area contributed by atoms with Gasteiger partial charge < -0.3 is 25.7 Å². The molecule has 1 aromatic heterocycles. The van der Waals surface area contributed by atoms with Crippen molar-refractivity contribution >= 4 is 11.7 Å². The lowest BCUT2D eigenvalue weighted by atomic mass is 10.2. The molecule has 4 N–H and O–H groups in total. The van der Waals surface area contributed by atoms with Crippen molar-refractivity contribution in [3.63, 3.8) is 0 Å². The number of hydrogen-bond acceptors (Lipinski definition) is 7. The van der Waals surface area contributed by atoms with E-state index in [9.17, 15) is 0 Å². The molecule has 0 aliphatic carbocycles. The van der Waals surface area contributed by atoms with Gasteiger partial charge in [-0.05, 0) is 6.07 Å². The second-order valence-electron chi connectivity index (χ2n) is 3.46. The maximum Gasteiger partial charge on any atom is 0.173 e. The summed E-state index contributed by atoms with van der Waals surface area (Å²) in [7, 11) is 1.58. The van der Waals surface area contributed by atoms with Gasteiger partial charge in [0.05, 0.1) is 25.0 Å². The molecule has 8 nitrogen and oxygen atoms in total. The molecule has 0 saturated heterocycles. The van der Waals surface area contributed by atoms with Gasteiger partial charge in [-0.2, -0.15) is 5.10 Å². The Morgan fingerprint density at radius 3 is 2.94 bits per heavy atom. The van der Waals surface area contributed by atoms with Gasteiger partial charge in [0.15, 0.2) is 11.7 Å². The first-order valence-corrected chi connectivity index (χ1v) is 5.39. The van der Waals surface area contributed by atoms with Crippen molar-refractivity contribution in [3.8, 4) is 0 Å². The Labute approximate surface area is 105 Å². The van der Waals surface area contributed by atoms with Crippen molar-refractivity contribution in [2.24, 2.45) is 10.9 Å². The van der Waals surface area contributed by atoms with Gasteiger partial charge >= 0.3 is 0 Å². The molecule has 8 heteroatoms. The lowest BCUT2D eigenvalue weighted by molar-refractivity contribution is 0.202. The molecule has 100 valence electrons. The summed E-state index contributed by atoms with van der Waals surface area (Å²) >= 11 is 0. The number of ether oxygens (including phenoxy) is 1. The quantitative estimate of drug-likeness (QED) is 0.248. The molecule has 0 saturated carbocycles. The zero-order valence-corrected chi connectivity index (χ0v) is 10.2. The lowest BCUT2D eigenvalue weighted by Gasteiger charge is -2.23. The first-order chi connectivity index (χ1) is 8.74. The molecular weight excluding hydrogens is 238 g/mol. The molecule has 0 aliphatic rings. The van der Waals surface area contributed by atoms with Crippen molar-refractivity contribution < 1.29 is 15.1 Å². The summed E-state index contributed by atoms with van der Waals surface area (Å²) in [5.41, 5.74) is 6.03. The second-order valence-corrected chi connectivity index (χ2v) is 3.46. The zero-order valence-electron chi connectivity index (χ0n) is 10.2. The molecule has 1 rings (SSSR count). The average Bonchev–Trinajstić information content (AvgIpc) is 2.42. The molecule has 0 unspecified atom stereocenters. The Bertz CT molecular complexity index is 399. The van der Waals surface area contributed by atoms with Crippen LogP contribution in [0.5, 0.6) is 0 Å². The normalized spacial score (nSPS) is 11.6. The number of hydrogen-bond donors (Lipinski definition) is 3. The average molecular weight is 255 g/mol. The fourth-order valence-corrected chi connectivity index (χ4v) is 1.46. The Morgan fingerprint density at radius 2 is 2.33 bits per heavy atom. The lowest BCUT2D eigenvalue weighted by Crippen LogP contribution is -2.33. The topological polar surface area (TPSA) is 117 Å². The number of aliphatic hydroxyl groups is 1. The summed E-state index contributed by atoms with van der Waals surface area (Å²) in [6.45, 7) is 1.29. The first-order valence-electron chi connectivity index (χ1n) is 5.39. The SMILES string of the molecule is COCCN(CCO)c1nnccc1/C(N)=N/O. The van der Waals surface area contributed by atoms with Gasteiger partial charge in [-0.3, -0.25) is 0 Å². The number of methoxy groups -OCH3 is 1. The largest absolute Gasteiger partial charge is 0.409 e. The van der Waals surface area contributed by atoms with Crippen LogP contribution in [0.4, 0.5) is 5.82 Å². The highest BCUT2D eigenvalue weighted by Gasteiger charge is 2.15. The molecule has 0 spiro atoms. The van der Waals surface area contributed by atoms with Crippen molar-refractivity contribution in [3.05, 3.63) is 17.8 Å². The maximum absolute atomic E-state index is 9.04. The molecule has 0 aromatic carbocycles. The van der Waals surface area contributed by atoms with Crippen LogP contribution < -0.4 is 10.6 Å². The van der Waals surface area contributed by atoms with E-state index in [2.05, 4.69) is 15.4 Å². The van der Waals surface area contributed by atoms with Crippen LogP contribution in [0, 0.1) is 0 Å². The van der Waals surface area contributed by atoms with Gasteiger partial charge in [0.25, 0.3) is 0 Å². The van der Waals surface area contributed by atoms with Gasteiger partial charge in [0.2, 0.25) is 0 Å². The molecule has 18 heavy (non-hydrogen) atoms. The predicted molar refractivity (Wildman–Crippen MR) is 65.7 cm³/mol. The second kappa shape index (κ2) is 7.41. The van der Waals surface area contributed by atoms with Crippen LogP contribution in [-0.4, -0.2) is 59.8 Å². The van der Waals surface area contributed by atoms with Crippen molar-refractivity contribution in [1.82, 2.24) is 10.2 Å². The van der Waals surface area contributed by atoms with E-state index in [-0.39, 0.29) is 12.4 Å². The monoisotopic (exact) mass is 255 g/mol. The molecule has 1 heterocycles. The Hall–Kier alpha value is -1.93. The van der Waals surface area contributed by atoms with Gasteiger partial charge in [-0.1, -0.05) is 5.16 Å². The fourth-order valence-electron chi connectivity index (χ4n) is 1.46. The van der Waals surface area contributed by atoms with Crippen LogP contribution in [0.1, 0.15) is 5.56 Å². The number of aliphatic hydroxyl groups excluding tert-OH is 1. The minimum atomic E-state index is -0.0553. The zero-order chi connectivity index (χ0) is 13.4. The summed E-state index contributed by atoms with van der Waals surface area (Å²) in [6.07, 6.45) is 1.45. The molecule has 0 aliphatic heterocycles. The van der Waals surface area contributed by atoms with E-state index in [0.717, 1.165) is 0 Å². The van der Waals surface area contributed by atoms with E-state index in [1.54, 1.807) is 18.1 Å². The number of rotatable bonds is 7. The molecule has 0 radical (unpaired) electrons. The Kier molecular flexibility index (Phi) is 5.81. The molecular formula is C10H17N5O3. The number of nitrogens with zero attached hydrogens (tertiary/aromatic N) is 4. The Morgan fingerprint density at radius 1 is 1.56 bits per heavy atom. The van der Waals surface area contributed by atoms with Crippen LogP contribution in [-0.2, 0) is 4.74 Å². The number of oxime groups is 1. The highest BCUT2D eigenvalue weighted by Crippen LogP contribution is 2.15. The molecule has 0 amide bonds. The van der Waals surface area contributed by atoms with Crippen LogP contribution in [0.2, 0.25) is 0 Å². The van der Waals surface area contributed by atoms with E-state index in [0.29, 0.717) is 31.1 Å². The maximum atomic E-state index is 9.04. The van der Waals surface area contributed by atoms with Gasteiger partial charge in [-0.25, -0.2) is 0 Å². The highest BCUT2D eigenvalue weighted by molar-refractivity contribution is 6.01. The number of anilines is 1. The molecule has 0 bridgehead atoms. The predicted octanol–water partition coefficient (Wildman–Crippen LogP) is -0.984. The van der Waals surface area contributed by atoms with E-state index >= 15 is 0 Å². The summed E-state index contributed by atoms with van der Waals surface area (Å²) in [5, 5.41) is 28.4. The summed E-state index contributed by atoms with van der Waals surface area (Å²) in [5.74, 6) is 0.388. The van der Waals surface area contributed by atoms with E-state index in [1.165, 1.54) is 6.20 Å². The number of amidine groups is 1. The van der Waals surface area contributed by atoms with E-state index < -0.39 is 0 Å². The molecule has 0 atom stereocenters. The van der Waals surface area contributed by atoms with E-state index in [4.69, 9.17) is 20.8 Å². The molecule has 1 aromatic rings. The fraction of sp³-hybridized carbons (Fsp3) is 0.500. The third kappa shape index (κ3) is 3.54. The first kappa shape index (κ1) is 14.1. The van der Waals surface area contributed by atoms with Crippen molar-refractivity contribution in [2.75, 3.05) is 38.3 Å². The Balaban J connectivity index is 3.02. The van der Waals surface area contributed by atoms with Gasteiger partial charge in [-0.15, -0.1) is 5.10 Å². The number of aromatic nitrogens is 2. The summed E-state index contributed by atoms with van der Waals surface area (Å²) in [6, 6.07) is 1.59. The van der Waals surface area contributed by atoms with Crippen LogP contribution in [0.15, 0.2) is 17.4 Å². The van der Waals surface area contributed by atoms with E-state index in [1.807, 2.05) is 0 Å². The molecule has 0 fully saturated rings. The van der Waals surface area contributed by atoms with Gasteiger partial charge in [0, 0.05) is 20.2 Å². The minimum Gasteiger partial charge on any atom is -0.409 e. The third-order valence-corrected chi connectivity index (χ3v) is 2.32. The number of nitrogens with two attached hydrogens (primary N) is 1. The van der Waals surface area contributed by atoms with Crippen LogP contribution in [0.3, 0.4) is 0 Å². The van der Waals surface area contributed by atoms with Gasteiger partial charge in [0.1, 0.15) is 0 Å². The van der Waals surface area contributed by atoms with Crippen LogP contribution in [0.25, 0.3) is 0 Å².